The maximum absolute atomic E-state index is 11.6. The predicted molar refractivity (Wildman–Crippen MR) is 64.9 cm³/mol. The summed E-state index contributed by atoms with van der Waals surface area (Å²) in [4.78, 5) is 21.0. The monoisotopic (exact) mass is 234 g/mol. The van der Waals surface area contributed by atoms with E-state index in [2.05, 4.69) is 27.2 Å². The van der Waals surface area contributed by atoms with Gasteiger partial charge < -0.3 is 15.2 Å². The van der Waals surface area contributed by atoms with Gasteiger partial charge in [0.1, 0.15) is 0 Å². The van der Waals surface area contributed by atoms with Crippen molar-refractivity contribution in [2.45, 2.75) is 31.8 Å². The van der Waals surface area contributed by atoms with E-state index in [-0.39, 0.29) is 5.69 Å². The lowest BCUT2D eigenvalue weighted by atomic mass is 9.92. The molecule has 2 aliphatic rings. The summed E-state index contributed by atoms with van der Waals surface area (Å²) < 4.78 is 0. The molecular weight excluding hydrogens is 216 g/mol. The molecule has 1 unspecified atom stereocenters. The third-order valence-corrected chi connectivity index (χ3v) is 3.77. The van der Waals surface area contributed by atoms with Gasteiger partial charge in [0, 0.05) is 36.8 Å². The number of likely N-dealkylation sites (tertiary alicyclic amines) is 1. The molecule has 0 aromatic carbocycles. The van der Waals surface area contributed by atoms with Crippen LogP contribution in [0.25, 0.3) is 0 Å². The first kappa shape index (κ1) is 10.9. The average molecular weight is 234 g/mol. The molecule has 3 rings (SSSR count). The molecule has 1 aromatic rings. The molecule has 1 atom stereocenters. The minimum Gasteiger partial charge on any atom is -0.308 e. The van der Waals surface area contributed by atoms with Crippen molar-refractivity contribution < 1.29 is 0 Å². The Morgan fingerprint density at radius 3 is 3.12 bits per heavy atom. The lowest BCUT2D eigenvalue weighted by Gasteiger charge is -2.30. The number of likely N-dealkylation sites (N-methyl/N-ethyl adjacent to an activating group) is 1. The lowest BCUT2D eigenvalue weighted by Crippen LogP contribution is -2.33. The van der Waals surface area contributed by atoms with Gasteiger partial charge >= 0.3 is 5.69 Å². The van der Waals surface area contributed by atoms with Crippen molar-refractivity contribution in [2.24, 2.45) is 0 Å². The minimum atomic E-state index is -0.198. The van der Waals surface area contributed by atoms with Crippen molar-refractivity contribution in [2.75, 3.05) is 20.1 Å². The summed E-state index contributed by atoms with van der Waals surface area (Å²) in [6, 6.07) is 0. The highest BCUT2D eigenvalue weighted by molar-refractivity contribution is 5.30. The van der Waals surface area contributed by atoms with Crippen LogP contribution >= 0.6 is 0 Å². The fourth-order valence-electron chi connectivity index (χ4n) is 2.95. The summed E-state index contributed by atoms with van der Waals surface area (Å²) in [6.07, 6.45) is 2.34. The maximum Gasteiger partial charge on any atom is 0.345 e. The molecule has 2 aliphatic heterocycles. The Labute approximate surface area is 100 Å². The number of fused-ring (bicyclic) bond motifs is 1. The predicted octanol–water partition coefficient (Wildman–Crippen LogP) is 0.182. The summed E-state index contributed by atoms with van der Waals surface area (Å²) in [5.41, 5.74) is 3.09. The summed E-state index contributed by atoms with van der Waals surface area (Å²) in [5, 5.41) is 3.28. The number of piperidine rings is 1. The minimum absolute atomic E-state index is 0.198. The first-order chi connectivity index (χ1) is 8.24. The molecule has 0 spiro atoms. The van der Waals surface area contributed by atoms with E-state index in [1.54, 1.807) is 0 Å². The van der Waals surface area contributed by atoms with E-state index in [9.17, 15) is 4.79 Å². The van der Waals surface area contributed by atoms with Gasteiger partial charge in [-0.25, -0.2) is 4.79 Å². The Bertz CT molecular complexity index is 482. The second-order valence-corrected chi connectivity index (χ2v) is 5.09. The molecule has 17 heavy (non-hydrogen) atoms. The topological polar surface area (TPSA) is 61.0 Å². The molecule has 5 nitrogen and oxygen atoms in total. The molecule has 1 aromatic heterocycles. The number of aromatic amines is 1. The van der Waals surface area contributed by atoms with Crippen LogP contribution in [0, 0.1) is 0 Å². The van der Waals surface area contributed by atoms with E-state index in [0.29, 0.717) is 5.92 Å². The van der Waals surface area contributed by atoms with E-state index in [1.807, 2.05) is 0 Å². The fraction of sp³-hybridized carbons (Fsp3) is 0.667. The van der Waals surface area contributed by atoms with Gasteiger partial charge in [0.15, 0.2) is 0 Å². The smallest absolute Gasteiger partial charge is 0.308 e. The molecule has 3 heterocycles. The number of H-pyrrole nitrogens is 1. The van der Waals surface area contributed by atoms with Crippen LogP contribution < -0.4 is 11.0 Å². The third-order valence-electron chi connectivity index (χ3n) is 3.77. The Hall–Kier alpha value is -1.20. The molecule has 0 aliphatic carbocycles. The van der Waals surface area contributed by atoms with Gasteiger partial charge in [0.25, 0.3) is 0 Å². The van der Waals surface area contributed by atoms with E-state index >= 15 is 0 Å². The SMILES string of the molecule is CN1CCCC(c2nc(=O)[nH]c3c2CNC3)C1. The van der Waals surface area contributed by atoms with Gasteiger partial charge in [-0.1, -0.05) is 0 Å². The Kier molecular flexibility index (Phi) is 2.72. The summed E-state index contributed by atoms with van der Waals surface area (Å²) >= 11 is 0. The van der Waals surface area contributed by atoms with Crippen molar-refractivity contribution in [1.82, 2.24) is 20.2 Å². The molecule has 1 fully saturated rings. The van der Waals surface area contributed by atoms with Crippen LogP contribution in [0.15, 0.2) is 4.79 Å². The molecular formula is C12H18N4O. The zero-order chi connectivity index (χ0) is 11.8. The van der Waals surface area contributed by atoms with Crippen molar-refractivity contribution in [3.63, 3.8) is 0 Å². The first-order valence-corrected chi connectivity index (χ1v) is 6.25. The number of hydrogen-bond acceptors (Lipinski definition) is 4. The van der Waals surface area contributed by atoms with Gasteiger partial charge in [-0.05, 0) is 26.4 Å². The Balaban J connectivity index is 1.99. The van der Waals surface area contributed by atoms with Gasteiger partial charge in [0.2, 0.25) is 0 Å². The van der Waals surface area contributed by atoms with Crippen LogP contribution in [0.4, 0.5) is 0 Å². The van der Waals surface area contributed by atoms with E-state index < -0.39 is 0 Å². The molecule has 1 saturated heterocycles. The first-order valence-electron chi connectivity index (χ1n) is 6.25. The number of nitrogens with zero attached hydrogens (tertiary/aromatic N) is 2. The molecule has 0 saturated carbocycles. The normalized spacial score (nSPS) is 24.9. The van der Waals surface area contributed by atoms with Gasteiger partial charge in [-0.2, -0.15) is 4.98 Å². The highest BCUT2D eigenvalue weighted by Gasteiger charge is 2.26. The summed E-state index contributed by atoms with van der Waals surface area (Å²) in [7, 11) is 2.14. The second-order valence-electron chi connectivity index (χ2n) is 5.09. The van der Waals surface area contributed by atoms with Crippen molar-refractivity contribution >= 4 is 0 Å². The quantitative estimate of drug-likeness (QED) is 0.728. The largest absolute Gasteiger partial charge is 0.345 e. The maximum atomic E-state index is 11.6. The average Bonchev–Trinajstić information content (AvgIpc) is 2.75. The second kappa shape index (κ2) is 4.23. The zero-order valence-electron chi connectivity index (χ0n) is 10.1. The van der Waals surface area contributed by atoms with E-state index in [4.69, 9.17) is 0 Å². The standard InChI is InChI=1S/C12H18N4O/c1-16-4-2-3-8(7-16)11-9-5-13-6-10(9)14-12(17)15-11/h8,13H,2-7H2,1H3,(H,14,15,17). The molecule has 2 N–H and O–H groups in total. The number of hydrogen-bond donors (Lipinski definition) is 2. The van der Waals surface area contributed by atoms with Gasteiger partial charge in [-0.15, -0.1) is 0 Å². The summed E-state index contributed by atoms with van der Waals surface area (Å²) in [5.74, 6) is 0.421. The van der Waals surface area contributed by atoms with Crippen molar-refractivity contribution in [3.05, 3.63) is 27.4 Å². The molecule has 5 heteroatoms. The number of aromatic nitrogens is 2. The van der Waals surface area contributed by atoms with Crippen LogP contribution in [0.3, 0.4) is 0 Å². The van der Waals surface area contributed by atoms with Crippen LogP contribution in [0.5, 0.6) is 0 Å². The lowest BCUT2D eigenvalue weighted by molar-refractivity contribution is 0.247. The van der Waals surface area contributed by atoms with E-state index in [1.165, 1.54) is 12.0 Å². The van der Waals surface area contributed by atoms with Crippen LogP contribution in [-0.2, 0) is 13.1 Å². The molecule has 0 amide bonds. The van der Waals surface area contributed by atoms with Crippen LogP contribution in [0.1, 0.15) is 35.7 Å². The number of rotatable bonds is 1. The molecule has 92 valence electrons. The third kappa shape index (κ3) is 2.00. The molecule has 0 bridgehead atoms. The van der Waals surface area contributed by atoms with Crippen molar-refractivity contribution in [1.29, 1.82) is 0 Å². The van der Waals surface area contributed by atoms with Crippen LogP contribution in [-0.4, -0.2) is 35.0 Å². The van der Waals surface area contributed by atoms with Gasteiger partial charge in [0.05, 0.1) is 5.69 Å². The Morgan fingerprint density at radius 2 is 2.29 bits per heavy atom. The molecule has 0 radical (unpaired) electrons. The highest BCUT2D eigenvalue weighted by atomic mass is 16.1. The Morgan fingerprint density at radius 1 is 1.41 bits per heavy atom. The summed E-state index contributed by atoms with van der Waals surface area (Å²) in [6.45, 7) is 3.78. The van der Waals surface area contributed by atoms with Crippen molar-refractivity contribution in [3.8, 4) is 0 Å². The zero-order valence-corrected chi connectivity index (χ0v) is 10.1. The highest BCUT2D eigenvalue weighted by Crippen LogP contribution is 2.28. The fourth-order valence-corrected chi connectivity index (χ4v) is 2.95. The number of nitrogens with one attached hydrogen (secondary N) is 2. The van der Waals surface area contributed by atoms with Crippen LogP contribution in [0.2, 0.25) is 0 Å². The van der Waals surface area contributed by atoms with E-state index in [0.717, 1.165) is 44.0 Å². The van der Waals surface area contributed by atoms with Gasteiger partial charge in [-0.3, -0.25) is 0 Å².